The molecule has 7 nitrogen and oxygen atoms in total. The third kappa shape index (κ3) is 2.21. The fourth-order valence-electron chi connectivity index (χ4n) is 2.27. The van der Waals surface area contributed by atoms with Crippen LogP contribution < -0.4 is 11.4 Å². The molecule has 0 aliphatic carbocycles. The maximum atomic E-state index is 11.9. The number of ether oxygens (including phenoxy) is 1. The van der Waals surface area contributed by atoms with Gasteiger partial charge in [-0.05, 0) is 6.07 Å². The van der Waals surface area contributed by atoms with E-state index in [-0.39, 0.29) is 25.3 Å². The average molecular weight is 265 g/mol. The Morgan fingerprint density at radius 2 is 2.47 bits per heavy atom. The Bertz CT molecular complexity index is 565. The summed E-state index contributed by atoms with van der Waals surface area (Å²) in [6.07, 6.45) is 5.26. The van der Waals surface area contributed by atoms with E-state index in [1.807, 2.05) is 0 Å². The second-order valence-electron chi connectivity index (χ2n) is 4.40. The summed E-state index contributed by atoms with van der Waals surface area (Å²) in [7, 11) is 0. The van der Waals surface area contributed by atoms with Gasteiger partial charge in [-0.1, -0.05) is 0 Å². The van der Waals surface area contributed by atoms with Crippen molar-refractivity contribution < 1.29 is 14.9 Å². The summed E-state index contributed by atoms with van der Waals surface area (Å²) in [5, 5.41) is 19.3. The largest absolute Gasteiger partial charge is 0.394 e. The predicted molar refractivity (Wildman–Crippen MR) is 66.9 cm³/mol. The van der Waals surface area contributed by atoms with Gasteiger partial charge in [-0.3, -0.25) is 4.57 Å². The zero-order valence-electron chi connectivity index (χ0n) is 10.2. The van der Waals surface area contributed by atoms with Crippen molar-refractivity contribution in [1.82, 2.24) is 9.55 Å². The number of rotatable bonds is 3. The maximum Gasteiger partial charge on any atom is 0.351 e. The number of aromatic nitrogens is 2. The van der Waals surface area contributed by atoms with E-state index in [1.165, 1.54) is 12.3 Å². The molecule has 3 atom stereocenters. The standard InChI is InChI=1S/C12H15N3O4/c1-2-4-12(9(17)6-8(7-16)19-12)15-5-3-10(13)14-11(15)18/h1,3,5,8-9,16-17H,4,6-7H2,(H2,13,14,18)/t8-,9+,12+/m0/s1. The van der Waals surface area contributed by atoms with E-state index < -0.39 is 23.6 Å². The van der Waals surface area contributed by atoms with Gasteiger partial charge in [0.1, 0.15) is 11.9 Å². The summed E-state index contributed by atoms with van der Waals surface area (Å²) in [4.78, 5) is 15.5. The van der Waals surface area contributed by atoms with Gasteiger partial charge in [0.15, 0.2) is 5.72 Å². The minimum atomic E-state index is -1.40. The lowest BCUT2D eigenvalue weighted by Crippen LogP contribution is -2.48. The molecule has 1 aliphatic rings. The predicted octanol–water partition coefficient (Wildman–Crippen LogP) is -1.36. The van der Waals surface area contributed by atoms with Crippen LogP contribution in [0.1, 0.15) is 12.8 Å². The highest BCUT2D eigenvalue weighted by Gasteiger charge is 2.49. The number of nitrogen functional groups attached to an aromatic ring is 1. The van der Waals surface area contributed by atoms with Gasteiger partial charge in [0, 0.05) is 12.6 Å². The molecular formula is C12H15N3O4. The molecule has 0 bridgehead atoms. The first-order valence-corrected chi connectivity index (χ1v) is 5.79. The van der Waals surface area contributed by atoms with Gasteiger partial charge >= 0.3 is 5.69 Å². The van der Waals surface area contributed by atoms with Crippen LogP contribution in [0.15, 0.2) is 17.1 Å². The Balaban J connectivity index is 2.51. The van der Waals surface area contributed by atoms with Crippen LogP contribution in [0.4, 0.5) is 5.82 Å². The van der Waals surface area contributed by atoms with Gasteiger partial charge in [-0.2, -0.15) is 4.98 Å². The van der Waals surface area contributed by atoms with E-state index in [9.17, 15) is 9.90 Å². The van der Waals surface area contributed by atoms with Crippen molar-refractivity contribution in [3.63, 3.8) is 0 Å². The number of aliphatic hydroxyl groups excluding tert-OH is 2. The van der Waals surface area contributed by atoms with Crippen LogP contribution in [0, 0.1) is 12.3 Å². The summed E-state index contributed by atoms with van der Waals surface area (Å²) in [6.45, 7) is -0.263. The zero-order chi connectivity index (χ0) is 14.0. The quantitative estimate of drug-likeness (QED) is 0.582. The molecule has 1 aliphatic heterocycles. The smallest absolute Gasteiger partial charge is 0.351 e. The van der Waals surface area contributed by atoms with E-state index in [0.29, 0.717) is 0 Å². The van der Waals surface area contributed by atoms with Crippen molar-refractivity contribution in [3.8, 4) is 12.3 Å². The molecule has 1 aromatic rings. The van der Waals surface area contributed by atoms with E-state index >= 15 is 0 Å². The number of hydrogen-bond acceptors (Lipinski definition) is 6. The fraction of sp³-hybridized carbons (Fsp3) is 0.500. The van der Waals surface area contributed by atoms with Gasteiger partial charge in [0.05, 0.1) is 19.1 Å². The maximum absolute atomic E-state index is 11.9. The summed E-state index contributed by atoms with van der Waals surface area (Å²) < 4.78 is 6.73. The molecule has 4 N–H and O–H groups in total. The van der Waals surface area contributed by atoms with Gasteiger partial charge < -0.3 is 20.7 Å². The second-order valence-corrected chi connectivity index (χ2v) is 4.40. The molecule has 2 heterocycles. The number of terminal acetylenes is 1. The second kappa shape index (κ2) is 5.01. The van der Waals surface area contributed by atoms with Gasteiger partial charge in [0.2, 0.25) is 0 Å². The number of hydrogen-bond donors (Lipinski definition) is 3. The molecule has 0 radical (unpaired) electrons. The Hall–Kier alpha value is -1.88. The van der Waals surface area contributed by atoms with Gasteiger partial charge in [-0.15, -0.1) is 12.3 Å². The average Bonchev–Trinajstić information content (AvgIpc) is 2.67. The zero-order valence-corrected chi connectivity index (χ0v) is 10.2. The first kappa shape index (κ1) is 13.5. The van der Waals surface area contributed by atoms with Crippen molar-refractivity contribution in [2.45, 2.75) is 30.8 Å². The van der Waals surface area contributed by atoms with Gasteiger partial charge in [0.25, 0.3) is 0 Å². The van der Waals surface area contributed by atoms with E-state index in [2.05, 4.69) is 10.9 Å². The SMILES string of the molecule is C#CC[C@@]1(n2ccc(N)nc2=O)O[C@H](CO)C[C@H]1O. The van der Waals surface area contributed by atoms with Gasteiger partial charge in [-0.25, -0.2) is 4.79 Å². The first-order valence-electron chi connectivity index (χ1n) is 5.79. The summed E-state index contributed by atoms with van der Waals surface area (Å²) in [5.74, 6) is 2.45. The molecule has 102 valence electrons. The normalized spacial score (nSPS) is 30.2. The molecule has 0 aromatic carbocycles. The molecule has 1 saturated heterocycles. The van der Waals surface area contributed by atoms with E-state index in [4.69, 9.17) is 22.0 Å². The lowest BCUT2D eigenvalue weighted by Gasteiger charge is -2.32. The molecule has 0 unspecified atom stereocenters. The van der Waals surface area contributed by atoms with E-state index in [0.717, 1.165) is 4.57 Å². The Labute approximate surface area is 109 Å². The fourth-order valence-corrected chi connectivity index (χ4v) is 2.27. The number of nitrogens with zero attached hydrogens (tertiary/aromatic N) is 2. The van der Waals surface area contributed by atoms with Crippen LogP contribution in [0.2, 0.25) is 0 Å². The van der Waals surface area contributed by atoms with Crippen molar-refractivity contribution in [1.29, 1.82) is 0 Å². The number of aliphatic hydroxyl groups is 2. The number of anilines is 1. The molecule has 1 fully saturated rings. The van der Waals surface area contributed by atoms with E-state index in [1.54, 1.807) is 0 Å². The van der Waals surface area contributed by atoms with Crippen molar-refractivity contribution in [2.24, 2.45) is 0 Å². The molecule has 0 spiro atoms. The molecule has 0 saturated carbocycles. The Kier molecular flexibility index (Phi) is 3.57. The molecule has 7 heteroatoms. The van der Waals surface area contributed by atoms with Crippen LogP contribution in [0.3, 0.4) is 0 Å². The van der Waals surface area contributed by atoms with Crippen LogP contribution in [-0.4, -0.2) is 38.6 Å². The van der Waals surface area contributed by atoms with Crippen LogP contribution in [0.25, 0.3) is 0 Å². The van der Waals surface area contributed by atoms with Crippen molar-refractivity contribution in [3.05, 3.63) is 22.7 Å². The summed E-state index contributed by atoms with van der Waals surface area (Å²) >= 11 is 0. The third-order valence-electron chi connectivity index (χ3n) is 3.17. The minimum Gasteiger partial charge on any atom is -0.394 e. The van der Waals surface area contributed by atoms with Crippen molar-refractivity contribution in [2.75, 3.05) is 12.3 Å². The summed E-state index contributed by atoms with van der Waals surface area (Å²) in [6, 6.07) is 1.42. The topological polar surface area (TPSA) is 111 Å². The monoisotopic (exact) mass is 265 g/mol. The van der Waals surface area contributed by atoms with Crippen LogP contribution in [-0.2, 0) is 10.5 Å². The minimum absolute atomic E-state index is 0.0177. The van der Waals surface area contributed by atoms with Crippen LogP contribution >= 0.6 is 0 Å². The molecular weight excluding hydrogens is 250 g/mol. The molecule has 1 aromatic heterocycles. The Morgan fingerprint density at radius 3 is 3.00 bits per heavy atom. The summed E-state index contributed by atoms with van der Waals surface area (Å²) in [5.41, 5.74) is 3.36. The lowest BCUT2D eigenvalue weighted by molar-refractivity contribution is -0.146. The molecule has 19 heavy (non-hydrogen) atoms. The highest BCUT2D eigenvalue weighted by molar-refractivity contribution is 5.24. The molecule has 0 amide bonds. The van der Waals surface area contributed by atoms with Crippen molar-refractivity contribution >= 4 is 5.82 Å². The molecule has 2 rings (SSSR count). The Morgan fingerprint density at radius 1 is 1.74 bits per heavy atom. The third-order valence-corrected chi connectivity index (χ3v) is 3.17. The highest BCUT2D eigenvalue weighted by atomic mass is 16.6. The lowest BCUT2D eigenvalue weighted by atomic mass is 10.0. The first-order chi connectivity index (χ1) is 9.03. The van der Waals surface area contributed by atoms with Crippen LogP contribution in [0.5, 0.6) is 0 Å². The highest BCUT2D eigenvalue weighted by Crippen LogP contribution is 2.36. The number of nitrogens with two attached hydrogens (primary N) is 1.